The summed E-state index contributed by atoms with van der Waals surface area (Å²) in [7, 11) is 0. The highest BCUT2D eigenvalue weighted by Crippen LogP contribution is 2.19. The lowest BCUT2D eigenvalue weighted by Gasteiger charge is -2.10. The maximum Gasteiger partial charge on any atom is 0.338 e. The Bertz CT molecular complexity index is 544. The molecule has 2 rings (SSSR count). The SMILES string of the molecule is Cc1cccc(-n2ccnc2C)c1C(=O)O. The van der Waals surface area contributed by atoms with Gasteiger partial charge >= 0.3 is 5.97 Å². The third-order valence-electron chi connectivity index (χ3n) is 2.55. The van der Waals surface area contributed by atoms with Crippen molar-refractivity contribution in [1.29, 1.82) is 0 Å². The third kappa shape index (κ3) is 1.58. The second kappa shape index (κ2) is 3.81. The second-order valence-electron chi connectivity index (χ2n) is 3.62. The Kier molecular flexibility index (Phi) is 2.48. The van der Waals surface area contributed by atoms with E-state index in [4.69, 9.17) is 0 Å². The Morgan fingerprint density at radius 3 is 2.69 bits per heavy atom. The van der Waals surface area contributed by atoms with E-state index in [9.17, 15) is 9.90 Å². The van der Waals surface area contributed by atoms with Crippen LogP contribution in [-0.2, 0) is 0 Å². The van der Waals surface area contributed by atoms with Gasteiger partial charge in [-0.25, -0.2) is 9.78 Å². The summed E-state index contributed by atoms with van der Waals surface area (Å²) in [6.45, 7) is 3.63. The van der Waals surface area contributed by atoms with E-state index in [1.54, 1.807) is 36.0 Å². The number of nitrogens with zero attached hydrogens (tertiary/aromatic N) is 2. The van der Waals surface area contributed by atoms with Crippen molar-refractivity contribution < 1.29 is 9.90 Å². The van der Waals surface area contributed by atoms with Crippen molar-refractivity contribution in [2.24, 2.45) is 0 Å². The first-order valence-electron chi connectivity index (χ1n) is 4.94. The molecule has 0 amide bonds. The van der Waals surface area contributed by atoms with Crippen LogP contribution in [0.4, 0.5) is 0 Å². The van der Waals surface area contributed by atoms with Gasteiger partial charge in [0.05, 0.1) is 11.3 Å². The van der Waals surface area contributed by atoms with Gasteiger partial charge < -0.3 is 9.67 Å². The fraction of sp³-hybridized carbons (Fsp3) is 0.167. The molecule has 4 nitrogen and oxygen atoms in total. The molecule has 0 unspecified atom stereocenters. The number of aromatic nitrogens is 2. The molecule has 1 aromatic carbocycles. The van der Waals surface area contributed by atoms with Crippen LogP contribution in [0.1, 0.15) is 21.7 Å². The quantitative estimate of drug-likeness (QED) is 0.837. The molecule has 1 aromatic heterocycles. The molecule has 0 bridgehead atoms. The molecule has 16 heavy (non-hydrogen) atoms. The number of carboxylic acids is 1. The van der Waals surface area contributed by atoms with Crippen LogP contribution in [0.5, 0.6) is 0 Å². The minimum Gasteiger partial charge on any atom is -0.478 e. The number of aromatic carboxylic acids is 1. The van der Waals surface area contributed by atoms with Crippen molar-refractivity contribution in [3.05, 3.63) is 47.5 Å². The van der Waals surface area contributed by atoms with Gasteiger partial charge in [0.2, 0.25) is 0 Å². The highest BCUT2D eigenvalue weighted by Gasteiger charge is 2.14. The summed E-state index contributed by atoms with van der Waals surface area (Å²) in [6.07, 6.45) is 3.42. The Balaban J connectivity index is 2.70. The van der Waals surface area contributed by atoms with E-state index in [1.807, 2.05) is 13.0 Å². The van der Waals surface area contributed by atoms with Gasteiger partial charge in [-0.05, 0) is 25.5 Å². The van der Waals surface area contributed by atoms with E-state index in [0.29, 0.717) is 11.3 Å². The van der Waals surface area contributed by atoms with Crippen molar-refractivity contribution in [2.75, 3.05) is 0 Å². The van der Waals surface area contributed by atoms with Gasteiger partial charge in [-0.2, -0.15) is 0 Å². The van der Waals surface area contributed by atoms with Gasteiger partial charge in [0.25, 0.3) is 0 Å². The summed E-state index contributed by atoms with van der Waals surface area (Å²) < 4.78 is 1.77. The van der Waals surface area contributed by atoms with Crippen molar-refractivity contribution >= 4 is 5.97 Å². The number of hydrogen-bond acceptors (Lipinski definition) is 2. The molecular formula is C12H12N2O2. The van der Waals surface area contributed by atoms with Crippen LogP contribution < -0.4 is 0 Å². The van der Waals surface area contributed by atoms with E-state index < -0.39 is 5.97 Å². The van der Waals surface area contributed by atoms with E-state index in [1.165, 1.54) is 0 Å². The molecule has 1 heterocycles. The fourth-order valence-corrected chi connectivity index (χ4v) is 1.76. The smallest absolute Gasteiger partial charge is 0.338 e. The van der Waals surface area contributed by atoms with Gasteiger partial charge in [-0.3, -0.25) is 0 Å². The number of aryl methyl sites for hydroxylation is 2. The highest BCUT2D eigenvalue weighted by atomic mass is 16.4. The van der Waals surface area contributed by atoms with Crippen molar-refractivity contribution in [1.82, 2.24) is 9.55 Å². The standard InChI is InChI=1S/C12H12N2O2/c1-8-4-3-5-10(11(8)12(15)16)14-7-6-13-9(14)2/h3-7H,1-2H3,(H,15,16). The third-order valence-corrected chi connectivity index (χ3v) is 2.55. The zero-order valence-electron chi connectivity index (χ0n) is 9.14. The first-order valence-corrected chi connectivity index (χ1v) is 4.94. The highest BCUT2D eigenvalue weighted by molar-refractivity contribution is 5.93. The van der Waals surface area contributed by atoms with E-state index in [2.05, 4.69) is 4.98 Å². The molecule has 0 aliphatic rings. The lowest BCUT2D eigenvalue weighted by atomic mass is 10.1. The Labute approximate surface area is 93.2 Å². The second-order valence-corrected chi connectivity index (χ2v) is 3.62. The molecule has 0 radical (unpaired) electrons. The normalized spacial score (nSPS) is 10.4. The van der Waals surface area contributed by atoms with Crippen LogP contribution in [0.3, 0.4) is 0 Å². The largest absolute Gasteiger partial charge is 0.478 e. The summed E-state index contributed by atoms with van der Waals surface area (Å²) in [5, 5.41) is 9.20. The minimum atomic E-state index is -0.916. The van der Waals surface area contributed by atoms with Gasteiger partial charge in [-0.15, -0.1) is 0 Å². The Morgan fingerprint density at radius 1 is 1.38 bits per heavy atom. The molecule has 1 N–H and O–H groups in total. The van der Waals surface area contributed by atoms with Crippen LogP contribution in [0.15, 0.2) is 30.6 Å². The molecule has 2 aromatic rings. The molecule has 0 saturated heterocycles. The number of rotatable bonds is 2. The maximum atomic E-state index is 11.2. The zero-order valence-corrected chi connectivity index (χ0v) is 9.14. The molecule has 0 aliphatic heterocycles. The summed E-state index contributed by atoms with van der Waals surface area (Å²) in [4.78, 5) is 15.3. The zero-order chi connectivity index (χ0) is 11.7. The topological polar surface area (TPSA) is 55.1 Å². The maximum absolute atomic E-state index is 11.2. The average molecular weight is 216 g/mol. The van der Waals surface area contributed by atoms with Crippen molar-refractivity contribution in [2.45, 2.75) is 13.8 Å². The molecule has 0 atom stereocenters. The van der Waals surface area contributed by atoms with Gasteiger partial charge in [0.1, 0.15) is 5.82 Å². The number of carboxylic acid groups (broad SMARTS) is 1. The van der Waals surface area contributed by atoms with Gasteiger partial charge in [0.15, 0.2) is 0 Å². The number of benzene rings is 1. The molecule has 0 fully saturated rings. The average Bonchev–Trinajstić information content (AvgIpc) is 2.63. The summed E-state index contributed by atoms with van der Waals surface area (Å²) in [5.41, 5.74) is 1.73. The van der Waals surface area contributed by atoms with E-state index >= 15 is 0 Å². The lowest BCUT2D eigenvalue weighted by molar-refractivity contribution is 0.0696. The Morgan fingerprint density at radius 2 is 2.12 bits per heavy atom. The predicted octanol–water partition coefficient (Wildman–Crippen LogP) is 2.19. The van der Waals surface area contributed by atoms with Crippen LogP contribution in [-0.4, -0.2) is 20.6 Å². The summed E-state index contributed by atoms with van der Waals surface area (Å²) >= 11 is 0. The van der Waals surface area contributed by atoms with E-state index in [0.717, 1.165) is 11.4 Å². The summed E-state index contributed by atoms with van der Waals surface area (Å²) in [5.74, 6) is -0.144. The molecule has 4 heteroatoms. The molecule has 0 saturated carbocycles. The predicted molar refractivity (Wildman–Crippen MR) is 60.0 cm³/mol. The lowest BCUT2D eigenvalue weighted by Crippen LogP contribution is -2.08. The summed E-state index contributed by atoms with van der Waals surface area (Å²) in [6, 6.07) is 5.42. The van der Waals surface area contributed by atoms with E-state index in [-0.39, 0.29) is 0 Å². The monoisotopic (exact) mass is 216 g/mol. The van der Waals surface area contributed by atoms with Gasteiger partial charge in [0, 0.05) is 12.4 Å². The van der Waals surface area contributed by atoms with Crippen LogP contribution in [0.2, 0.25) is 0 Å². The van der Waals surface area contributed by atoms with Gasteiger partial charge in [-0.1, -0.05) is 12.1 Å². The molecule has 0 spiro atoms. The number of hydrogen-bond donors (Lipinski definition) is 1. The number of carbonyl (C=O) groups is 1. The Hall–Kier alpha value is -2.10. The van der Waals surface area contributed by atoms with Crippen LogP contribution in [0.25, 0.3) is 5.69 Å². The minimum absolute atomic E-state index is 0.323. The fourth-order valence-electron chi connectivity index (χ4n) is 1.76. The molecule has 0 aliphatic carbocycles. The first kappa shape index (κ1) is 10.4. The molecular weight excluding hydrogens is 204 g/mol. The van der Waals surface area contributed by atoms with Crippen molar-refractivity contribution in [3.63, 3.8) is 0 Å². The van der Waals surface area contributed by atoms with Crippen LogP contribution >= 0.6 is 0 Å². The molecule has 82 valence electrons. The first-order chi connectivity index (χ1) is 7.61. The van der Waals surface area contributed by atoms with Crippen molar-refractivity contribution in [3.8, 4) is 5.69 Å². The van der Waals surface area contributed by atoms with Crippen LogP contribution in [0, 0.1) is 13.8 Å². The number of imidazole rings is 1.